The molecule has 0 amide bonds. The number of unbranched alkanes of at least 4 members (excludes halogenated alkanes) is 24. The number of hydrogen-bond acceptors (Lipinski definition) is 5. The van der Waals surface area contributed by atoms with Gasteiger partial charge in [-0.2, -0.15) is 0 Å². The van der Waals surface area contributed by atoms with Crippen molar-refractivity contribution in [2.45, 2.75) is 258 Å². The van der Waals surface area contributed by atoms with Gasteiger partial charge in [0.05, 0.1) is 6.61 Å². The highest BCUT2D eigenvalue weighted by Crippen LogP contribution is 2.15. The third kappa shape index (κ3) is 51.7. The second-order valence-electron chi connectivity index (χ2n) is 17.7. The van der Waals surface area contributed by atoms with E-state index in [1.165, 1.54) is 128 Å². The molecule has 5 heteroatoms. The van der Waals surface area contributed by atoms with E-state index in [0.29, 0.717) is 25.9 Å². The van der Waals surface area contributed by atoms with Crippen LogP contribution in [-0.2, 0) is 23.8 Å². The first kappa shape index (κ1) is 61.1. The van der Waals surface area contributed by atoms with Crippen LogP contribution < -0.4 is 0 Å². The van der Waals surface area contributed by atoms with Crippen molar-refractivity contribution >= 4 is 11.9 Å². The van der Waals surface area contributed by atoms with Crippen LogP contribution in [0, 0.1) is 0 Å². The van der Waals surface area contributed by atoms with Crippen LogP contribution in [0.5, 0.6) is 0 Å². The zero-order valence-corrected chi connectivity index (χ0v) is 42.3. The molecule has 0 N–H and O–H groups in total. The van der Waals surface area contributed by atoms with Crippen LogP contribution >= 0.6 is 0 Å². The van der Waals surface area contributed by atoms with Crippen LogP contribution in [0.2, 0.25) is 0 Å². The van der Waals surface area contributed by atoms with Gasteiger partial charge in [-0.25, -0.2) is 0 Å². The number of carbonyl (C=O) groups excluding carboxylic acids is 2. The van der Waals surface area contributed by atoms with Crippen molar-refractivity contribution in [3.8, 4) is 0 Å². The maximum atomic E-state index is 12.8. The van der Waals surface area contributed by atoms with E-state index in [4.69, 9.17) is 14.2 Å². The molecule has 1 atom stereocenters. The number of rotatable bonds is 49. The summed E-state index contributed by atoms with van der Waals surface area (Å²) in [7, 11) is 0. The van der Waals surface area contributed by atoms with E-state index >= 15 is 0 Å². The van der Waals surface area contributed by atoms with Gasteiger partial charge in [0.2, 0.25) is 0 Å². The fourth-order valence-corrected chi connectivity index (χ4v) is 7.48. The Labute approximate surface area is 397 Å². The Morgan fingerprint density at radius 3 is 1.19 bits per heavy atom. The quantitative estimate of drug-likeness (QED) is 0.0346. The lowest BCUT2D eigenvalue weighted by atomic mass is 10.0. The van der Waals surface area contributed by atoms with Gasteiger partial charge in [0.1, 0.15) is 6.61 Å². The van der Waals surface area contributed by atoms with Crippen LogP contribution in [-0.4, -0.2) is 37.9 Å². The average Bonchev–Trinajstić information content (AvgIpc) is 3.30. The van der Waals surface area contributed by atoms with Gasteiger partial charge >= 0.3 is 11.9 Å². The van der Waals surface area contributed by atoms with E-state index in [-0.39, 0.29) is 25.2 Å². The van der Waals surface area contributed by atoms with Gasteiger partial charge in [-0.05, 0) is 77.0 Å². The molecule has 0 fully saturated rings. The summed E-state index contributed by atoms with van der Waals surface area (Å²) < 4.78 is 17.3. The van der Waals surface area contributed by atoms with Gasteiger partial charge in [-0.15, -0.1) is 0 Å². The van der Waals surface area contributed by atoms with Gasteiger partial charge in [-0.3, -0.25) is 9.59 Å². The van der Waals surface area contributed by atoms with Crippen molar-refractivity contribution < 1.29 is 23.8 Å². The van der Waals surface area contributed by atoms with E-state index in [1.807, 2.05) is 6.08 Å². The Hall–Kier alpha value is -2.92. The molecule has 0 aromatic heterocycles. The van der Waals surface area contributed by atoms with Crippen molar-refractivity contribution in [3.05, 3.63) is 85.1 Å². The highest BCUT2D eigenvalue weighted by molar-refractivity contribution is 5.70. The standard InChI is InChI=1S/C59H102O5/c1-4-7-10-13-16-19-22-25-27-28-29-30-31-33-36-39-42-45-48-51-54-62-55-57(64-59(61)53-50-47-44-41-38-34-24-21-18-15-12-9-6-3)56-63-58(60)52-49-46-43-40-37-35-32-26-23-20-17-14-11-8-5-2/h8-9,11-12,17-18,20-21,26,32,34,38,44,47,57H,4-7,10,13-16,19,22-25,27-31,33,35-37,39-43,45-46,48-56H2,1-3H3/b11-8-,12-9-,20-17-,21-18-,32-26-,38-34-,47-44-. The molecular formula is C59H102O5. The predicted molar refractivity (Wildman–Crippen MR) is 279 cm³/mol. The van der Waals surface area contributed by atoms with Gasteiger partial charge < -0.3 is 14.2 Å². The Kier molecular flexibility index (Phi) is 51.9. The van der Waals surface area contributed by atoms with Gasteiger partial charge in [0, 0.05) is 19.4 Å². The minimum Gasteiger partial charge on any atom is -0.462 e. The third-order valence-corrected chi connectivity index (χ3v) is 11.4. The molecule has 0 radical (unpaired) electrons. The maximum absolute atomic E-state index is 12.8. The topological polar surface area (TPSA) is 61.8 Å². The zero-order chi connectivity index (χ0) is 46.3. The summed E-state index contributed by atoms with van der Waals surface area (Å²) in [6, 6.07) is 0. The third-order valence-electron chi connectivity index (χ3n) is 11.4. The fraction of sp³-hybridized carbons (Fsp3) is 0.729. The summed E-state index contributed by atoms with van der Waals surface area (Å²) in [5.74, 6) is -0.506. The van der Waals surface area contributed by atoms with E-state index in [0.717, 1.165) is 83.5 Å². The number of hydrogen-bond donors (Lipinski definition) is 0. The van der Waals surface area contributed by atoms with E-state index in [1.54, 1.807) is 0 Å². The molecule has 64 heavy (non-hydrogen) atoms. The Bertz CT molecular complexity index is 1190. The molecule has 5 nitrogen and oxygen atoms in total. The summed E-state index contributed by atoms with van der Waals surface area (Å²) in [6.45, 7) is 7.53. The lowest BCUT2D eigenvalue weighted by Gasteiger charge is -2.18. The summed E-state index contributed by atoms with van der Waals surface area (Å²) >= 11 is 0. The number of esters is 2. The molecule has 0 spiro atoms. The number of ether oxygens (including phenoxy) is 3. The van der Waals surface area contributed by atoms with Crippen LogP contribution in [0.4, 0.5) is 0 Å². The average molecular weight is 891 g/mol. The molecule has 0 bridgehead atoms. The number of carbonyl (C=O) groups is 2. The predicted octanol–water partition coefficient (Wildman–Crippen LogP) is 18.5. The van der Waals surface area contributed by atoms with Crippen LogP contribution in [0.25, 0.3) is 0 Å². The molecule has 0 aliphatic rings. The van der Waals surface area contributed by atoms with Crippen molar-refractivity contribution in [1.82, 2.24) is 0 Å². The van der Waals surface area contributed by atoms with Crippen LogP contribution in [0.1, 0.15) is 252 Å². The molecule has 0 rings (SSSR count). The maximum Gasteiger partial charge on any atom is 0.306 e. The summed E-state index contributed by atoms with van der Waals surface area (Å²) in [6.07, 6.45) is 71.9. The minimum absolute atomic E-state index is 0.0464. The normalized spacial score (nSPS) is 12.9. The van der Waals surface area contributed by atoms with Crippen molar-refractivity contribution in [1.29, 1.82) is 0 Å². The first-order chi connectivity index (χ1) is 31.6. The summed E-state index contributed by atoms with van der Waals surface area (Å²) in [5.41, 5.74) is 0. The van der Waals surface area contributed by atoms with E-state index in [2.05, 4.69) is 99.8 Å². The second-order valence-corrected chi connectivity index (χ2v) is 17.7. The molecule has 0 heterocycles. The Balaban J connectivity index is 4.30. The molecule has 0 saturated carbocycles. The zero-order valence-electron chi connectivity index (χ0n) is 42.3. The van der Waals surface area contributed by atoms with Gasteiger partial charge in [-0.1, -0.05) is 247 Å². The number of allylic oxidation sites excluding steroid dienone is 14. The molecule has 368 valence electrons. The summed E-state index contributed by atoms with van der Waals surface area (Å²) in [5, 5.41) is 0. The molecule has 0 saturated heterocycles. The highest BCUT2D eigenvalue weighted by atomic mass is 16.6. The van der Waals surface area contributed by atoms with Crippen LogP contribution in [0.15, 0.2) is 85.1 Å². The van der Waals surface area contributed by atoms with E-state index in [9.17, 15) is 9.59 Å². The minimum atomic E-state index is -0.583. The van der Waals surface area contributed by atoms with Gasteiger partial charge in [0.25, 0.3) is 0 Å². The monoisotopic (exact) mass is 891 g/mol. The largest absolute Gasteiger partial charge is 0.462 e. The van der Waals surface area contributed by atoms with Crippen molar-refractivity contribution in [3.63, 3.8) is 0 Å². The smallest absolute Gasteiger partial charge is 0.306 e. The lowest BCUT2D eigenvalue weighted by molar-refractivity contribution is -0.162. The molecular weight excluding hydrogens is 789 g/mol. The van der Waals surface area contributed by atoms with E-state index < -0.39 is 6.10 Å². The molecule has 1 unspecified atom stereocenters. The lowest BCUT2D eigenvalue weighted by Crippen LogP contribution is -2.30. The van der Waals surface area contributed by atoms with Crippen LogP contribution in [0.3, 0.4) is 0 Å². The highest BCUT2D eigenvalue weighted by Gasteiger charge is 2.17. The molecule has 0 aromatic rings. The molecule has 0 aliphatic carbocycles. The van der Waals surface area contributed by atoms with Gasteiger partial charge in [0.15, 0.2) is 6.10 Å². The first-order valence-electron chi connectivity index (χ1n) is 27.1. The Morgan fingerprint density at radius 1 is 0.359 bits per heavy atom. The first-order valence-corrected chi connectivity index (χ1v) is 27.1. The fourth-order valence-electron chi connectivity index (χ4n) is 7.48. The molecule has 0 aromatic carbocycles. The van der Waals surface area contributed by atoms with Crippen molar-refractivity contribution in [2.75, 3.05) is 19.8 Å². The Morgan fingerprint density at radius 2 is 0.734 bits per heavy atom. The molecule has 0 aliphatic heterocycles. The van der Waals surface area contributed by atoms with Crippen molar-refractivity contribution in [2.24, 2.45) is 0 Å². The second kappa shape index (κ2) is 54.4. The SMILES string of the molecule is CC/C=C\C/C=C\C/C=C\C/C=C\CCC(=O)OC(COCCCCCCCCCCCCCCCCCCCCCC)COC(=O)CCCCCCC/C=C\C/C=C\C/C=C\CC. The summed E-state index contributed by atoms with van der Waals surface area (Å²) in [4.78, 5) is 25.4.